The molecule has 4 heteroatoms. The lowest BCUT2D eigenvalue weighted by Gasteiger charge is -2.10. The van der Waals surface area contributed by atoms with Crippen LogP contribution in [0.3, 0.4) is 0 Å². The molecule has 0 amide bonds. The smallest absolute Gasteiger partial charge is 0.340 e. The van der Waals surface area contributed by atoms with Gasteiger partial charge in [-0.1, -0.05) is 0 Å². The maximum atomic E-state index is 11.8. The molecule has 0 aliphatic heterocycles. The molecule has 0 atom stereocenters. The van der Waals surface area contributed by atoms with Gasteiger partial charge in [0.2, 0.25) is 5.56 Å². The Morgan fingerprint density at radius 1 is 1.56 bits per heavy atom. The van der Waals surface area contributed by atoms with Gasteiger partial charge in [-0.15, -0.1) is 0 Å². The number of esters is 1. The molecule has 0 radical (unpaired) electrons. The van der Waals surface area contributed by atoms with Gasteiger partial charge >= 0.3 is 5.97 Å². The largest absolute Gasteiger partial charge is 0.462 e. The first kappa shape index (κ1) is 10.9. The Hall–Kier alpha value is -1.58. The third-order valence-corrected chi connectivity index (χ3v) is 2.76. The second-order valence-electron chi connectivity index (χ2n) is 4.08. The molecule has 86 valence electrons. The number of hydrogen-bond donors (Lipinski definition) is 1. The van der Waals surface area contributed by atoms with E-state index < -0.39 is 0 Å². The average Bonchev–Trinajstić information content (AvgIpc) is 2.99. The van der Waals surface area contributed by atoms with Crippen LogP contribution in [0.1, 0.15) is 47.3 Å². The number of pyridine rings is 1. The number of aromatic nitrogens is 1. The molecule has 1 aromatic rings. The van der Waals surface area contributed by atoms with Gasteiger partial charge in [-0.2, -0.15) is 0 Å². The van der Waals surface area contributed by atoms with Gasteiger partial charge in [-0.05, 0) is 38.2 Å². The molecule has 1 aliphatic carbocycles. The van der Waals surface area contributed by atoms with Crippen LogP contribution in [0, 0.1) is 6.92 Å². The van der Waals surface area contributed by atoms with Crippen molar-refractivity contribution < 1.29 is 9.53 Å². The summed E-state index contributed by atoms with van der Waals surface area (Å²) in [6.45, 7) is 3.86. The number of ether oxygens (including phenoxy) is 1. The first-order valence-corrected chi connectivity index (χ1v) is 5.54. The van der Waals surface area contributed by atoms with Gasteiger partial charge in [-0.3, -0.25) is 4.79 Å². The summed E-state index contributed by atoms with van der Waals surface area (Å²) in [5, 5.41) is 0. The summed E-state index contributed by atoms with van der Waals surface area (Å²) < 4.78 is 5.01. The first-order chi connectivity index (χ1) is 7.63. The zero-order valence-corrected chi connectivity index (χ0v) is 9.50. The average molecular weight is 221 g/mol. The van der Waals surface area contributed by atoms with Crippen molar-refractivity contribution in [3.05, 3.63) is 33.2 Å². The van der Waals surface area contributed by atoms with Gasteiger partial charge in [0.15, 0.2) is 0 Å². The second-order valence-corrected chi connectivity index (χ2v) is 4.08. The summed E-state index contributed by atoms with van der Waals surface area (Å²) in [6.07, 6.45) is 2.10. The minimum atomic E-state index is -0.335. The van der Waals surface area contributed by atoms with E-state index in [4.69, 9.17) is 4.74 Å². The van der Waals surface area contributed by atoms with Crippen molar-refractivity contribution >= 4 is 5.97 Å². The Bertz CT molecular complexity index is 472. The van der Waals surface area contributed by atoms with Gasteiger partial charge < -0.3 is 9.72 Å². The minimum Gasteiger partial charge on any atom is -0.462 e. The van der Waals surface area contributed by atoms with E-state index in [2.05, 4.69) is 4.98 Å². The number of hydrogen-bond acceptors (Lipinski definition) is 3. The molecule has 0 bridgehead atoms. The highest BCUT2D eigenvalue weighted by Gasteiger charge is 2.30. The predicted octanol–water partition coefficient (Wildman–Crippen LogP) is 1.74. The fourth-order valence-electron chi connectivity index (χ4n) is 1.90. The fourth-order valence-corrected chi connectivity index (χ4v) is 1.90. The van der Waals surface area contributed by atoms with E-state index in [0.717, 1.165) is 18.4 Å². The topological polar surface area (TPSA) is 59.2 Å². The predicted molar refractivity (Wildman–Crippen MR) is 59.7 cm³/mol. The molecule has 1 saturated carbocycles. The van der Waals surface area contributed by atoms with Crippen molar-refractivity contribution in [2.75, 3.05) is 6.61 Å². The molecule has 2 rings (SSSR count). The van der Waals surface area contributed by atoms with E-state index in [0.29, 0.717) is 23.8 Å². The Morgan fingerprint density at radius 3 is 2.81 bits per heavy atom. The normalized spacial score (nSPS) is 14.9. The van der Waals surface area contributed by atoms with E-state index in [9.17, 15) is 9.59 Å². The Labute approximate surface area is 93.6 Å². The van der Waals surface area contributed by atoms with Gasteiger partial charge in [0.1, 0.15) is 0 Å². The molecule has 1 heterocycles. The molecule has 0 saturated heterocycles. The summed E-state index contributed by atoms with van der Waals surface area (Å²) in [7, 11) is 0. The summed E-state index contributed by atoms with van der Waals surface area (Å²) >= 11 is 0. The quantitative estimate of drug-likeness (QED) is 0.791. The number of nitrogens with one attached hydrogen (secondary N) is 1. The Morgan fingerprint density at radius 2 is 2.25 bits per heavy atom. The molecular formula is C12H15NO3. The monoisotopic (exact) mass is 221 g/mol. The van der Waals surface area contributed by atoms with Crippen LogP contribution in [0.15, 0.2) is 10.9 Å². The number of carbonyl (C=O) groups excluding carboxylic acids is 1. The van der Waals surface area contributed by atoms with E-state index in [1.807, 2.05) is 0 Å². The molecular weight excluding hydrogens is 206 g/mol. The van der Waals surface area contributed by atoms with Crippen LogP contribution in [0.4, 0.5) is 0 Å². The van der Waals surface area contributed by atoms with Crippen LogP contribution >= 0.6 is 0 Å². The van der Waals surface area contributed by atoms with Gasteiger partial charge in [-0.25, -0.2) is 4.79 Å². The summed E-state index contributed by atoms with van der Waals surface area (Å²) in [5.74, 6) is 0.0264. The van der Waals surface area contributed by atoms with Crippen molar-refractivity contribution in [3.63, 3.8) is 0 Å². The summed E-state index contributed by atoms with van der Waals surface area (Å²) in [4.78, 5) is 25.8. The number of aryl methyl sites for hydroxylation is 1. The van der Waals surface area contributed by atoms with Crippen molar-refractivity contribution in [1.29, 1.82) is 0 Å². The molecule has 1 aliphatic rings. The number of H-pyrrole nitrogens is 1. The van der Waals surface area contributed by atoms with Crippen LogP contribution < -0.4 is 5.56 Å². The van der Waals surface area contributed by atoms with Crippen molar-refractivity contribution in [1.82, 2.24) is 4.98 Å². The summed E-state index contributed by atoms with van der Waals surface area (Å²) in [6, 6.07) is 1.52. The van der Waals surface area contributed by atoms with E-state index in [-0.39, 0.29) is 11.5 Å². The molecule has 16 heavy (non-hydrogen) atoms. The molecule has 1 aromatic heterocycles. The zero-order chi connectivity index (χ0) is 11.7. The first-order valence-electron chi connectivity index (χ1n) is 5.54. The van der Waals surface area contributed by atoms with Crippen molar-refractivity contribution in [2.24, 2.45) is 0 Å². The van der Waals surface area contributed by atoms with Crippen molar-refractivity contribution in [2.45, 2.75) is 32.6 Å². The molecule has 4 nitrogen and oxygen atoms in total. The van der Waals surface area contributed by atoms with Crippen LogP contribution in [-0.4, -0.2) is 17.6 Å². The molecule has 1 fully saturated rings. The van der Waals surface area contributed by atoms with Crippen LogP contribution in [-0.2, 0) is 4.74 Å². The number of rotatable bonds is 3. The standard InChI is InChI=1S/C12H15NO3/c1-3-16-12(15)11-7(2)13-10(14)6-9(11)8-4-5-8/h6,8H,3-5H2,1-2H3,(H,13,14). The van der Waals surface area contributed by atoms with Crippen LogP contribution in [0.2, 0.25) is 0 Å². The highest BCUT2D eigenvalue weighted by molar-refractivity contribution is 5.92. The molecule has 1 N–H and O–H groups in total. The Balaban J connectivity index is 2.48. The lowest BCUT2D eigenvalue weighted by atomic mass is 10.0. The number of carbonyl (C=O) groups is 1. The lowest BCUT2D eigenvalue weighted by molar-refractivity contribution is 0.0523. The zero-order valence-electron chi connectivity index (χ0n) is 9.50. The third kappa shape index (κ3) is 2.01. The van der Waals surface area contributed by atoms with E-state index in [1.54, 1.807) is 13.8 Å². The number of aromatic amines is 1. The highest BCUT2D eigenvalue weighted by atomic mass is 16.5. The van der Waals surface area contributed by atoms with E-state index >= 15 is 0 Å². The SMILES string of the molecule is CCOC(=O)c1c(C2CC2)cc(=O)[nH]c1C. The minimum absolute atomic E-state index is 0.146. The van der Waals surface area contributed by atoms with Crippen LogP contribution in [0.5, 0.6) is 0 Å². The van der Waals surface area contributed by atoms with Gasteiger partial charge in [0.05, 0.1) is 12.2 Å². The molecule has 0 aromatic carbocycles. The molecule has 0 unspecified atom stereocenters. The second kappa shape index (κ2) is 4.12. The van der Waals surface area contributed by atoms with Crippen molar-refractivity contribution in [3.8, 4) is 0 Å². The maximum absolute atomic E-state index is 11.8. The molecule has 0 spiro atoms. The van der Waals surface area contributed by atoms with Crippen LogP contribution in [0.25, 0.3) is 0 Å². The Kier molecular flexibility index (Phi) is 2.81. The van der Waals surface area contributed by atoms with E-state index in [1.165, 1.54) is 6.07 Å². The highest BCUT2D eigenvalue weighted by Crippen LogP contribution is 2.41. The maximum Gasteiger partial charge on any atom is 0.340 e. The fraction of sp³-hybridized carbons (Fsp3) is 0.500. The van der Waals surface area contributed by atoms with Gasteiger partial charge in [0.25, 0.3) is 0 Å². The third-order valence-electron chi connectivity index (χ3n) is 2.76. The lowest BCUT2D eigenvalue weighted by Crippen LogP contribution is -2.17. The van der Waals surface area contributed by atoms with Gasteiger partial charge in [0, 0.05) is 11.8 Å². The summed E-state index contributed by atoms with van der Waals surface area (Å²) in [5.41, 5.74) is 1.85.